The van der Waals surface area contributed by atoms with Gasteiger partial charge in [-0.15, -0.1) is 0 Å². The maximum Gasteiger partial charge on any atom is 0.490 e. The number of aromatic nitrogens is 2. The Balaban J connectivity index is 0.000000406. The number of rotatable bonds is 4. The summed E-state index contributed by atoms with van der Waals surface area (Å²) in [6.07, 6.45) is -0.971. The monoisotopic (exact) mass is 497 g/mol. The Kier molecular flexibility index (Phi) is 7.67. The molecule has 3 N–H and O–H groups in total. The number of aliphatic carboxylic acids is 1. The van der Waals surface area contributed by atoms with Crippen LogP contribution in [0, 0.1) is 5.92 Å². The normalized spacial score (nSPS) is 14.7. The van der Waals surface area contributed by atoms with Crippen LogP contribution in [0.2, 0.25) is 5.02 Å². The third kappa shape index (κ3) is 6.19. The van der Waals surface area contributed by atoms with E-state index in [9.17, 15) is 18.0 Å². The summed E-state index contributed by atoms with van der Waals surface area (Å²) in [4.78, 5) is 21.6. The smallest absolute Gasteiger partial charge is 0.490 e. The first-order chi connectivity index (χ1) is 16.1. The van der Waals surface area contributed by atoms with E-state index in [-0.39, 0.29) is 11.8 Å². The molecule has 1 amide bonds. The van der Waals surface area contributed by atoms with Crippen LogP contribution in [0.4, 0.5) is 18.9 Å². The molecule has 4 rings (SSSR count). The highest BCUT2D eigenvalue weighted by molar-refractivity contribution is 6.30. The van der Waals surface area contributed by atoms with Crippen molar-refractivity contribution in [1.29, 1.82) is 0 Å². The van der Waals surface area contributed by atoms with Crippen LogP contribution in [0.5, 0.6) is 11.5 Å². The van der Waals surface area contributed by atoms with E-state index < -0.39 is 12.1 Å². The van der Waals surface area contributed by atoms with Crippen molar-refractivity contribution < 1.29 is 37.3 Å². The quantitative estimate of drug-likeness (QED) is 0.487. The molecule has 8 nitrogen and oxygen atoms in total. The zero-order chi connectivity index (χ0) is 24.9. The lowest BCUT2D eigenvalue weighted by molar-refractivity contribution is -0.192. The molecule has 2 aromatic carbocycles. The second kappa shape index (κ2) is 10.5. The summed E-state index contributed by atoms with van der Waals surface area (Å²) in [5.41, 5.74) is 3.45. The topological polar surface area (TPSA) is 114 Å². The zero-order valence-electron chi connectivity index (χ0n) is 17.6. The molecule has 0 spiro atoms. The summed E-state index contributed by atoms with van der Waals surface area (Å²) in [5, 5.41) is 17.4. The van der Waals surface area contributed by atoms with Gasteiger partial charge in [-0.05, 0) is 47.9 Å². The second-order valence-corrected chi connectivity index (χ2v) is 7.59. The van der Waals surface area contributed by atoms with E-state index in [1.54, 1.807) is 25.6 Å². The molecule has 0 fully saturated rings. The fourth-order valence-electron chi connectivity index (χ4n) is 3.15. The van der Waals surface area contributed by atoms with Gasteiger partial charge in [0.15, 0.2) is 0 Å². The predicted molar refractivity (Wildman–Crippen MR) is 117 cm³/mol. The number of halogens is 4. The fraction of sp³-hybridized carbons (Fsp3) is 0.227. The van der Waals surface area contributed by atoms with Crippen LogP contribution in [0.1, 0.15) is 5.56 Å². The number of alkyl halides is 3. The van der Waals surface area contributed by atoms with Crippen molar-refractivity contribution in [3.05, 3.63) is 59.4 Å². The standard InChI is InChI=1S/C20H18ClN3O3.C2HF3O2/c1-26-19-8-12(15-9-22-23-10-15)2-4-17(19)24-20(25)14-6-13-7-16(21)3-5-18(13)27-11-14;3-2(4,5)1(6)7/h2-5,7-10,14H,6,11H2,1H3,(H,22,23)(H,24,25);(H,6,7). The number of H-pyrrole nitrogens is 1. The Morgan fingerprint density at radius 3 is 2.59 bits per heavy atom. The lowest BCUT2D eigenvalue weighted by atomic mass is 9.96. The van der Waals surface area contributed by atoms with Gasteiger partial charge >= 0.3 is 12.1 Å². The molecule has 34 heavy (non-hydrogen) atoms. The first-order valence-corrected chi connectivity index (χ1v) is 10.2. The molecule has 1 atom stereocenters. The zero-order valence-corrected chi connectivity index (χ0v) is 18.4. The molecule has 0 saturated heterocycles. The third-order valence-corrected chi connectivity index (χ3v) is 5.07. The Bertz CT molecular complexity index is 1170. The number of carbonyl (C=O) groups is 2. The van der Waals surface area contributed by atoms with Crippen LogP contribution in [0.3, 0.4) is 0 Å². The molecule has 3 aromatic rings. The summed E-state index contributed by atoms with van der Waals surface area (Å²) in [5.74, 6) is -1.80. The minimum absolute atomic E-state index is 0.116. The van der Waals surface area contributed by atoms with Crippen molar-refractivity contribution in [3.8, 4) is 22.6 Å². The molecule has 0 bridgehead atoms. The van der Waals surface area contributed by atoms with E-state index in [0.29, 0.717) is 29.5 Å². The van der Waals surface area contributed by atoms with E-state index in [4.69, 9.17) is 31.0 Å². The highest BCUT2D eigenvalue weighted by Crippen LogP contribution is 2.33. The number of hydrogen-bond acceptors (Lipinski definition) is 5. The van der Waals surface area contributed by atoms with Gasteiger partial charge in [0.2, 0.25) is 5.91 Å². The number of hydrogen-bond donors (Lipinski definition) is 3. The van der Waals surface area contributed by atoms with Gasteiger partial charge in [0.25, 0.3) is 0 Å². The highest BCUT2D eigenvalue weighted by atomic mass is 35.5. The lowest BCUT2D eigenvalue weighted by Gasteiger charge is -2.25. The van der Waals surface area contributed by atoms with Crippen LogP contribution in [0.15, 0.2) is 48.8 Å². The average molecular weight is 498 g/mol. The van der Waals surface area contributed by atoms with Crippen LogP contribution >= 0.6 is 11.6 Å². The van der Waals surface area contributed by atoms with Gasteiger partial charge < -0.3 is 19.9 Å². The summed E-state index contributed by atoms with van der Waals surface area (Å²) in [6, 6.07) is 11.1. The number of fused-ring (bicyclic) bond motifs is 1. The van der Waals surface area contributed by atoms with E-state index in [0.717, 1.165) is 22.4 Å². The van der Waals surface area contributed by atoms with Crippen LogP contribution < -0.4 is 14.8 Å². The van der Waals surface area contributed by atoms with Crippen molar-refractivity contribution >= 4 is 29.2 Å². The van der Waals surface area contributed by atoms with E-state index in [2.05, 4.69) is 15.5 Å². The molecule has 0 radical (unpaired) electrons. The maximum absolute atomic E-state index is 12.7. The van der Waals surface area contributed by atoms with Gasteiger partial charge in [-0.1, -0.05) is 17.7 Å². The number of carboxylic acid groups (broad SMARTS) is 1. The van der Waals surface area contributed by atoms with Crippen molar-refractivity contribution in [1.82, 2.24) is 10.2 Å². The molecule has 0 saturated carbocycles. The average Bonchev–Trinajstić information content (AvgIpc) is 3.33. The van der Waals surface area contributed by atoms with Crippen LogP contribution in [0.25, 0.3) is 11.1 Å². The summed E-state index contributed by atoms with van der Waals surface area (Å²) < 4.78 is 42.9. The largest absolute Gasteiger partial charge is 0.495 e. The minimum atomic E-state index is -5.08. The SMILES string of the molecule is COc1cc(-c2cn[nH]c2)ccc1NC(=O)C1COc2ccc(Cl)cc2C1.O=C(O)C(F)(F)F. The number of amides is 1. The number of ether oxygens (including phenoxy) is 2. The van der Waals surface area contributed by atoms with E-state index in [1.165, 1.54) is 0 Å². The van der Waals surface area contributed by atoms with Crippen molar-refractivity contribution in [2.45, 2.75) is 12.6 Å². The van der Waals surface area contributed by atoms with Gasteiger partial charge in [0.1, 0.15) is 18.1 Å². The van der Waals surface area contributed by atoms with E-state index >= 15 is 0 Å². The number of carboxylic acids is 1. The molecule has 180 valence electrons. The number of anilines is 1. The molecular formula is C22H19ClF3N3O5. The Morgan fingerprint density at radius 2 is 1.97 bits per heavy atom. The lowest BCUT2D eigenvalue weighted by Crippen LogP contribution is -2.32. The maximum atomic E-state index is 12.7. The third-order valence-electron chi connectivity index (χ3n) is 4.83. The molecular weight excluding hydrogens is 479 g/mol. The molecule has 2 heterocycles. The summed E-state index contributed by atoms with van der Waals surface area (Å²) >= 11 is 6.05. The Morgan fingerprint density at radius 1 is 1.24 bits per heavy atom. The number of aromatic amines is 1. The van der Waals surface area contributed by atoms with Crippen molar-refractivity contribution in [2.75, 3.05) is 19.0 Å². The van der Waals surface area contributed by atoms with E-state index in [1.807, 2.05) is 30.3 Å². The first kappa shape index (κ1) is 24.9. The van der Waals surface area contributed by atoms with Gasteiger partial charge in [-0.2, -0.15) is 18.3 Å². The van der Waals surface area contributed by atoms with Gasteiger partial charge in [-0.25, -0.2) is 4.79 Å². The Labute approximate surface area is 196 Å². The molecule has 12 heteroatoms. The number of methoxy groups -OCH3 is 1. The summed E-state index contributed by atoms with van der Waals surface area (Å²) in [6.45, 7) is 0.329. The van der Waals surface area contributed by atoms with Crippen LogP contribution in [-0.2, 0) is 16.0 Å². The minimum Gasteiger partial charge on any atom is -0.495 e. The number of carbonyl (C=O) groups excluding carboxylic acids is 1. The van der Waals surface area contributed by atoms with Crippen LogP contribution in [-0.4, -0.2) is 47.1 Å². The molecule has 0 aliphatic carbocycles. The number of nitrogens with one attached hydrogen (secondary N) is 2. The molecule has 1 aromatic heterocycles. The fourth-order valence-corrected chi connectivity index (χ4v) is 3.34. The van der Waals surface area contributed by atoms with Crippen molar-refractivity contribution in [2.24, 2.45) is 5.92 Å². The van der Waals surface area contributed by atoms with Crippen molar-refractivity contribution in [3.63, 3.8) is 0 Å². The highest BCUT2D eigenvalue weighted by Gasteiger charge is 2.38. The predicted octanol–water partition coefficient (Wildman–Crippen LogP) is 4.56. The Hall–Kier alpha value is -3.73. The summed E-state index contributed by atoms with van der Waals surface area (Å²) in [7, 11) is 1.58. The van der Waals surface area contributed by atoms with Gasteiger partial charge in [0.05, 0.1) is 24.9 Å². The molecule has 1 aliphatic rings. The molecule has 1 unspecified atom stereocenters. The first-order valence-electron chi connectivity index (χ1n) is 9.78. The molecule has 1 aliphatic heterocycles. The number of nitrogens with zero attached hydrogens (tertiary/aromatic N) is 1. The van der Waals surface area contributed by atoms with Gasteiger partial charge in [0, 0.05) is 16.8 Å². The second-order valence-electron chi connectivity index (χ2n) is 7.16. The van der Waals surface area contributed by atoms with Gasteiger partial charge in [-0.3, -0.25) is 9.89 Å². The number of benzene rings is 2.